The summed E-state index contributed by atoms with van der Waals surface area (Å²) in [7, 11) is 0. The molecule has 0 radical (unpaired) electrons. The van der Waals surface area contributed by atoms with Gasteiger partial charge in [0, 0.05) is 31.5 Å². The summed E-state index contributed by atoms with van der Waals surface area (Å²) in [6.45, 7) is 1.10. The largest absolute Gasteiger partial charge is 0.396 e. The van der Waals surface area contributed by atoms with Crippen molar-refractivity contribution in [3.05, 3.63) is 0 Å². The van der Waals surface area contributed by atoms with E-state index in [1.807, 2.05) is 0 Å². The lowest BCUT2D eigenvalue weighted by atomic mass is 9.80. The summed E-state index contributed by atoms with van der Waals surface area (Å²) in [5, 5.41) is 9.04. The van der Waals surface area contributed by atoms with Crippen molar-refractivity contribution in [1.29, 1.82) is 0 Å². The van der Waals surface area contributed by atoms with E-state index in [-0.39, 0.29) is 31.3 Å². The van der Waals surface area contributed by atoms with E-state index in [1.165, 1.54) is 0 Å². The van der Waals surface area contributed by atoms with Gasteiger partial charge in [-0.15, -0.1) is 0 Å². The van der Waals surface area contributed by atoms with Gasteiger partial charge in [0.15, 0.2) is 0 Å². The first-order chi connectivity index (χ1) is 8.91. The normalized spacial score (nSPS) is 32.6. The number of hydrogen-bond acceptors (Lipinski definition) is 2. The molecule has 110 valence electrons. The summed E-state index contributed by atoms with van der Waals surface area (Å²) >= 11 is 0. The Labute approximate surface area is 110 Å². The first kappa shape index (κ1) is 14.6. The van der Waals surface area contributed by atoms with Crippen LogP contribution in [0.3, 0.4) is 0 Å². The molecule has 3 unspecified atom stereocenters. The Bertz CT molecular complexity index is 332. The molecule has 0 aromatic heterocycles. The molecule has 0 aromatic carbocycles. The molecule has 2 aliphatic rings. The Kier molecular flexibility index (Phi) is 4.38. The molecule has 1 saturated heterocycles. The summed E-state index contributed by atoms with van der Waals surface area (Å²) in [6, 6.07) is 0. The minimum atomic E-state index is -4.18. The monoisotopic (exact) mass is 279 g/mol. The first-order valence-electron chi connectivity index (χ1n) is 6.88. The van der Waals surface area contributed by atoms with Gasteiger partial charge in [0.2, 0.25) is 5.91 Å². The Morgan fingerprint density at radius 3 is 2.58 bits per heavy atom. The predicted molar refractivity (Wildman–Crippen MR) is 63.3 cm³/mol. The van der Waals surface area contributed by atoms with E-state index < -0.39 is 18.0 Å². The number of aliphatic hydroxyl groups excluding tert-OH is 1. The summed E-state index contributed by atoms with van der Waals surface area (Å²) < 4.78 is 38.1. The molecule has 1 aliphatic carbocycles. The second-order valence-electron chi connectivity index (χ2n) is 5.72. The lowest BCUT2D eigenvalue weighted by molar-refractivity contribution is -0.187. The molecule has 19 heavy (non-hydrogen) atoms. The van der Waals surface area contributed by atoms with Gasteiger partial charge in [0.05, 0.1) is 5.92 Å². The zero-order chi connectivity index (χ0) is 14.0. The van der Waals surface area contributed by atoms with Crippen molar-refractivity contribution in [2.75, 3.05) is 19.7 Å². The molecular formula is C13H20F3NO2. The average Bonchev–Trinajstić information content (AvgIpc) is 2.86. The van der Waals surface area contributed by atoms with Gasteiger partial charge in [0.25, 0.3) is 0 Å². The SMILES string of the molecule is O=C(C1CCCC(C(F)(F)F)C1)N1CCC(CO)C1. The van der Waals surface area contributed by atoms with E-state index in [4.69, 9.17) is 5.11 Å². The van der Waals surface area contributed by atoms with Crippen molar-refractivity contribution >= 4 is 5.91 Å². The van der Waals surface area contributed by atoms with Crippen LogP contribution in [0.4, 0.5) is 13.2 Å². The zero-order valence-corrected chi connectivity index (χ0v) is 10.8. The molecular weight excluding hydrogens is 259 g/mol. The standard InChI is InChI=1S/C13H20F3NO2/c14-13(15,16)11-3-1-2-10(6-11)12(19)17-5-4-9(7-17)8-18/h9-11,18H,1-8H2. The third-order valence-electron chi connectivity index (χ3n) is 4.34. The first-order valence-corrected chi connectivity index (χ1v) is 6.88. The van der Waals surface area contributed by atoms with Gasteiger partial charge in [-0.1, -0.05) is 6.42 Å². The third kappa shape index (κ3) is 3.41. The number of amides is 1. The van der Waals surface area contributed by atoms with Gasteiger partial charge in [-0.05, 0) is 25.7 Å². The van der Waals surface area contributed by atoms with Crippen molar-refractivity contribution in [3.63, 3.8) is 0 Å². The lowest BCUT2D eigenvalue weighted by Crippen LogP contribution is -2.39. The summed E-state index contributed by atoms with van der Waals surface area (Å²) in [5.74, 6) is -1.87. The molecule has 1 aliphatic heterocycles. The van der Waals surface area contributed by atoms with Crippen molar-refractivity contribution < 1.29 is 23.1 Å². The van der Waals surface area contributed by atoms with Gasteiger partial charge >= 0.3 is 6.18 Å². The quantitative estimate of drug-likeness (QED) is 0.842. The van der Waals surface area contributed by atoms with E-state index >= 15 is 0 Å². The van der Waals surface area contributed by atoms with E-state index in [0.29, 0.717) is 25.9 Å². The smallest absolute Gasteiger partial charge is 0.391 e. The second kappa shape index (κ2) is 5.69. The molecule has 2 fully saturated rings. The Hall–Kier alpha value is -0.780. The maximum atomic E-state index is 12.7. The highest BCUT2D eigenvalue weighted by molar-refractivity contribution is 5.79. The maximum absolute atomic E-state index is 12.7. The highest BCUT2D eigenvalue weighted by Crippen LogP contribution is 2.40. The zero-order valence-electron chi connectivity index (χ0n) is 10.8. The number of aliphatic hydroxyl groups is 1. The average molecular weight is 279 g/mol. The number of hydrogen-bond donors (Lipinski definition) is 1. The van der Waals surface area contributed by atoms with Gasteiger partial charge < -0.3 is 10.0 Å². The van der Waals surface area contributed by atoms with Crippen molar-refractivity contribution in [3.8, 4) is 0 Å². The lowest BCUT2D eigenvalue weighted by Gasteiger charge is -2.32. The fourth-order valence-electron chi connectivity index (χ4n) is 3.15. The van der Waals surface area contributed by atoms with Crippen LogP contribution in [-0.2, 0) is 4.79 Å². The van der Waals surface area contributed by atoms with Crippen LogP contribution in [-0.4, -0.2) is 41.8 Å². The number of halogens is 3. The third-order valence-corrected chi connectivity index (χ3v) is 4.34. The minimum absolute atomic E-state index is 0.0413. The fraction of sp³-hybridized carbons (Fsp3) is 0.923. The maximum Gasteiger partial charge on any atom is 0.391 e. The molecule has 3 atom stereocenters. The van der Waals surface area contributed by atoms with E-state index in [1.54, 1.807) is 4.90 Å². The number of carbonyl (C=O) groups excluding carboxylic acids is 1. The predicted octanol–water partition coefficient (Wildman–Crippen LogP) is 2.20. The van der Waals surface area contributed by atoms with Crippen LogP contribution in [0.25, 0.3) is 0 Å². The molecule has 6 heteroatoms. The number of alkyl halides is 3. The van der Waals surface area contributed by atoms with Crippen LogP contribution in [0, 0.1) is 17.8 Å². The van der Waals surface area contributed by atoms with Gasteiger partial charge in [-0.25, -0.2) is 0 Å². The molecule has 0 aromatic rings. The number of rotatable bonds is 2. The Morgan fingerprint density at radius 2 is 2.00 bits per heavy atom. The van der Waals surface area contributed by atoms with Crippen molar-refractivity contribution in [2.45, 2.75) is 38.3 Å². The van der Waals surface area contributed by atoms with E-state index in [9.17, 15) is 18.0 Å². The number of nitrogens with zero attached hydrogens (tertiary/aromatic N) is 1. The summed E-state index contributed by atoms with van der Waals surface area (Å²) in [6.07, 6.45) is -2.33. The molecule has 1 N–H and O–H groups in total. The second-order valence-corrected chi connectivity index (χ2v) is 5.72. The van der Waals surface area contributed by atoms with Crippen LogP contribution in [0.1, 0.15) is 32.1 Å². The van der Waals surface area contributed by atoms with Crippen LogP contribution in [0.2, 0.25) is 0 Å². The summed E-state index contributed by atoms with van der Waals surface area (Å²) in [5.41, 5.74) is 0. The van der Waals surface area contributed by atoms with Crippen LogP contribution < -0.4 is 0 Å². The van der Waals surface area contributed by atoms with E-state index in [0.717, 1.165) is 6.42 Å². The minimum Gasteiger partial charge on any atom is -0.396 e. The highest BCUT2D eigenvalue weighted by atomic mass is 19.4. The van der Waals surface area contributed by atoms with E-state index in [2.05, 4.69) is 0 Å². The molecule has 0 bridgehead atoms. The fourth-order valence-corrected chi connectivity index (χ4v) is 3.15. The molecule has 1 amide bonds. The Morgan fingerprint density at radius 1 is 1.26 bits per heavy atom. The summed E-state index contributed by atoms with van der Waals surface area (Å²) in [4.78, 5) is 13.8. The van der Waals surface area contributed by atoms with Crippen molar-refractivity contribution in [1.82, 2.24) is 4.90 Å². The number of likely N-dealkylation sites (tertiary alicyclic amines) is 1. The van der Waals surface area contributed by atoms with Crippen LogP contribution in [0.5, 0.6) is 0 Å². The molecule has 0 spiro atoms. The highest BCUT2D eigenvalue weighted by Gasteiger charge is 2.44. The van der Waals surface area contributed by atoms with Crippen molar-refractivity contribution in [2.24, 2.45) is 17.8 Å². The topological polar surface area (TPSA) is 40.5 Å². The molecule has 3 nitrogen and oxygen atoms in total. The Balaban J connectivity index is 1.92. The van der Waals surface area contributed by atoms with Crippen LogP contribution in [0.15, 0.2) is 0 Å². The van der Waals surface area contributed by atoms with Gasteiger partial charge in [-0.2, -0.15) is 13.2 Å². The van der Waals surface area contributed by atoms with Gasteiger partial charge in [-0.3, -0.25) is 4.79 Å². The van der Waals surface area contributed by atoms with Gasteiger partial charge in [0.1, 0.15) is 0 Å². The molecule has 2 rings (SSSR count). The number of carbonyl (C=O) groups is 1. The molecule has 1 heterocycles. The molecule has 1 saturated carbocycles. The van der Waals surface area contributed by atoms with Crippen LogP contribution >= 0.6 is 0 Å².